The van der Waals surface area contributed by atoms with Crippen LogP contribution in [0.5, 0.6) is 0 Å². The van der Waals surface area contributed by atoms with Gasteiger partial charge in [0, 0.05) is 29.1 Å². The Bertz CT molecular complexity index is 1100. The number of nitrogens with zero attached hydrogens (tertiary/aromatic N) is 1. The Labute approximate surface area is 161 Å². The summed E-state index contributed by atoms with van der Waals surface area (Å²) in [6.45, 7) is 0. The number of H-pyrrole nitrogens is 1. The molecule has 1 saturated carbocycles. The molecular weight excluding hydrogens is 357 g/mol. The van der Waals surface area contributed by atoms with Crippen LogP contribution in [0.25, 0.3) is 22.5 Å². The summed E-state index contributed by atoms with van der Waals surface area (Å²) in [6, 6.07) is 8.07. The van der Waals surface area contributed by atoms with Crippen molar-refractivity contribution < 1.29 is 14.3 Å². The van der Waals surface area contributed by atoms with Crippen molar-refractivity contribution in [2.45, 2.75) is 31.7 Å². The Morgan fingerprint density at radius 2 is 2.04 bits per heavy atom. The van der Waals surface area contributed by atoms with Gasteiger partial charge >= 0.3 is 5.97 Å². The van der Waals surface area contributed by atoms with E-state index in [-0.39, 0.29) is 11.9 Å². The number of aromatic carboxylic acids is 1. The van der Waals surface area contributed by atoms with Crippen LogP contribution in [0.2, 0.25) is 0 Å². The first-order valence-corrected chi connectivity index (χ1v) is 9.52. The van der Waals surface area contributed by atoms with Gasteiger partial charge < -0.3 is 15.8 Å². The number of aryl methyl sites for hydroxylation is 1. The zero-order valence-corrected chi connectivity index (χ0v) is 15.2. The lowest BCUT2D eigenvalue weighted by atomic mass is 9.88. The number of carboxylic acids is 1. The number of hydrogen-bond donors (Lipinski definition) is 3. The quantitative estimate of drug-likeness (QED) is 0.639. The molecule has 2 heterocycles. The van der Waals surface area contributed by atoms with E-state index in [4.69, 9.17) is 5.73 Å². The smallest absolute Gasteiger partial charge is 0.337 e. The number of nitrogens with one attached hydrogen (secondary N) is 1. The average Bonchev–Trinajstić information content (AvgIpc) is 3.46. The predicted molar refractivity (Wildman–Crippen MR) is 103 cm³/mol. The van der Waals surface area contributed by atoms with Crippen molar-refractivity contribution >= 4 is 5.97 Å². The van der Waals surface area contributed by atoms with E-state index < -0.39 is 5.97 Å². The number of fused-ring (bicyclic) bond motifs is 3. The Morgan fingerprint density at radius 3 is 2.75 bits per heavy atom. The molecular formula is C22H20FN3O2. The second-order valence-electron chi connectivity index (χ2n) is 7.64. The maximum atomic E-state index is 14.2. The van der Waals surface area contributed by atoms with E-state index in [1.165, 1.54) is 6.07 Å². The summed E-state index contributed by atoms with van der Waals surface area (Å²) in [4.78, 5) is 19.8. The molecule has 1 fully saturated rings. The Balaban J connectivity index is 1.68. The first kappa shape index (κ1) is 17.1. The van der Waals surface area contributed by atoms with Crippen molar-refractivity contribution in [3.8, 4) is 22.5 Å². The maximum Gasteiger partial charge on any atom is 0.337 e. The van der Waals surface area contributed by atoms with Gasteiger partial charge in [-0.15, -0.1) is 0 Å². The van der Waals surface area contributed by atoms with Gasteiger partial charge in [0.05, 0.1) is 17.0 Å². The van der Waals surface area contributed by atoms with E-state index in [1.54, 1.807) is 24.4 Å². The standard InChI is InChI=1S/C22H20FN3O2/c23-16-4-2-1-3-13(16)17-9-15-12(10-25-17)7-8-14-18(22(27)28)21(26-20(14)15)19(24)11-5-6-11/h1-4,9-11,19,26H,5-8,24H2,(H,27,28). The molecule has 6 heteroatoms. The summed E-state index contributed by atoms with van der Waals surface area (Å²) < 4.78 is 14.2. The third-order valence-electron chi connectivity index (χ3n) is 5.86. The van der Waals surface area contributed by atoms with E-state index in [2.05, 4.69) is 9.97 Å². The molecule has 28 heavy (non-hydrogen) atoms. The van der Waals surface area contributed by atoms with Gasteiger partial charge in [-0.05, 0) is 60.9 Å². The molecule has 0 spiro atoms. The summed E-state index contributed by atoms with van der Waals surface area (Å²) in [5, 5.41) is 9.84. The molecule has 1 aromatic carbocycles. The highest BCUT2D eigenvalue weighted by Crippen LogP contribution is 2.44. The number of hydrogen-bond acceptors (Lipinski definition) is 3. The van der Waals surface area contributed by atoms with Crippen LogP contribution in [0.1, 0.15) is 46.1 Å². The molecule has 0 bridgehead atoms. The fourth-order valence-corrected chi connectivity index (χ4v) is 4.22. The van der Waals surface area contributed by atoms with Crippen LogP contribution in [0.15, 0.2) is 36.5 Å². The molecule has 4 N–H and O–H groups in total. The van der Waals surface area contributed by atoms with Gasteiger partial charge in [0.15, 0.2) is 0 Å². The van der Waals surface area contributed by atoms with Gasteiger partial charge in [0.25, 0.3) is 0 Å². The molecule has 0 amide bonds. The lowest BCUT2D eigenvalue weighted by Gasteiger charge is -2.17. The summed E-state index contributed by atoms with van der Waals surface area (Å²) in [6.07, 6.45) is 5.15. The fourth-order valence-electron chi connectivity index (χ4n) is 4.22. The van der Waals surface area contributed by atoms with Crippen molar-refractivity contribution in [1.29, 1.82) is 0 Å². The van der Waals surface area contributed by atoms with Crippen molar-refractivity contribution in [1.82, 2.24) is 9.97 Å². The number of halogens is 1. The average molecular weight is 377 g/mol. The molecule has 1 atom stereocenters. The number of aromatic nitrogens is 2. The lowest BCUT2D eigenvalue weighted by Crippen LogP contribution is -2.17. The fraction of sp³-hybridized carbons (Fsp3) is 0.273. The highest BCUT2D eigenvalue weighted by molar-refractivity contribution is 5.95. The third-order valence-corrected chi connectivity index (χ3v) is 5.86. The zero-order valence-electron chi connectivity index (χ0n) is 15.2. The number of pyridine rings is 1. The van der Waals surface area contributed by atoms with Gasteiger partial charge in [-0.3, -0.25) is 4.98 Å². The highest BCUT2D eigenvalue weighted by atomic mass is 19.1. The van der Waals surface area contributed by atoms with Gasteiger partial charge in [-0.1, -0.05) is 12.1 Å². The second-order valence-corrected chi connectivity index (χ2v) is 7.64. The van der Waals surface area contributed by atoms with Crippen LogP contribution in [0.3, 0.4) is 0 Å². The number of benzene rings is 1. The highest BCUT2D eigenvalue weighted by Gasteiger charge is 2.36. The van der Waals surface area contributed by atoms with Gasteiger partial charge in [0.1, 0.15) is 5.82 Å². The number of nitrogens with two attached hydrogens (primary N) is 1. The topological polar surface area (TPSA) is 92.0 Å². The van der Waals surface area contributed by atoms with Crippen molar-refractivity contribution in [3.63, 3.8) is 0 Å². The van der Waals surface area contributed by atoms with Crippen LogP contribution in [-0.2, 0) is 12.8 Å². The van der Waals surface area contributed by atoms with Crippen molar-refractivity contribution in [2.24, 2.45) is 11.7 Å². The molecule has 5 nitrogen and oxygen atoms in total. The molecule has 0 saturated heterocycles. The Hall–Kier alpha value is -2.99. The van der Waals surface area contributed by atoms with Gasteiger partial charge in [0.2, 0.25) is 0 Å². The molecule has 0 aliphatic heterocycles. The molecule has 3 aromatic rings. The number of carboxylic acid groups (broad SMARTS) is 1. The normalized spacial score (nSPS) is 16.4. The minimum atomic E-state index is -0.949. The maximum absolute atomic E-state index is 14.2. The minimum absolute atomic E-state index is 0.298. The van der Waals surface area contributed by atoms with E-state index >= 15 is 0 Å². The summed E-state index contributed by atoms with van der Waals surface area (Å²) in [5.74, 6) is -0.945. The number of aromatic amines is 1. The molecule has 142 valence electrons. The van der Waals surface area contributed by atoms with E-state index in [9.17, 15) is 14.3 Å². The Kier molecular flexibility index (Phi) is 3.84. The molecule has 2 aromatic heterocycles. The van der Waals surface area contributed by atoms with Crippen LogP contribution in [0.4, 0.5) is 4.39 Å². The monoisotopic (exact) mass is 377 g/mol. The van der Waals surface area contributed by atoms with E-state index in [0.29, 0.717) is 41.3 Å². The SMILES string of the molecule is NC(c1[nH]c2c(c1C(=O)O)CCc1cnc(-c3ccccc3F)cc1-2)C1CC1. The third kappa shape index (κ3) is 2.64. The number of rotatable bonds is 4. The summed E-state index contributed by atoms with van der Waals surface area (Å²) in [7, 11) is 0. The summed E-state index contributed by atoms with van der Waals surface area (Å²) in [5.41, 5.74) is 11.7. The predicted octanol–water partition coefficient (Wildman–Crippen LogP) is 4.09. The zero-order chi connectivity index (χ0) is 19.4. The van der Waals surface area contributed by atoms with Crippen LogP contribution < -0.4 is 5.73 Å². The molecule has 2 aliphatic carbocycles. The van der Waals surface area contributed by atoms with E-state index in [0.717, 1.165) is 35.2 Å². The van der Waals surface area contributed by atoms with Gasteiger partial charge in [-0.2, -0.15) is 0 Å². The number of carbonyl (C=O) groups is 1. The molecule has 0 radical (unpaired) electrons. The first-order chi connectivity index (χ1) is 13.5. The van der Waals surface area contributed by atoms with E-state index in [1.807, 2.05) is 6.07 Å². The first-order valence-electron chi connectivity index (χ1n) is 9.52. The van der Waals surface area contributed by atoms with Crippen LogP contribution >= 0.6 is 0 Å². The largest absolute Gasteiger partial charge is 0.478 e. The minimum Gasteiger partial charge on any atom is -0.478 e. The Morgan fingerprint density at radius 1 is 1.25 bits per heavy atom. The molecule has 5 rings (SSSR count). The molecule has 2 aliphatic rings. The van der Waals surface area contributed by atoms with Crippen LogP contribution in [-0.4, -0.2) is 21.0 Å². The van der Waals surface area contributed by atoms with Crippen molar-refractivity contribution in [3.05, 3.63) is 64.7 Å². The lowest BCUT2D eigenvalue weighted by molar-refractivity contribution is 0.0694. The molecule has 1 unspecified atom stereocenters. The van der Waals surface area contributed by atoms with Crippen LogP contribution in [0, 0.1) is 11.7 Å². The second kappa shape index (κ2) is 6.27. The van der Waals surface area contributed by atoms with Crippen molar-refractivity contribution in [2.75, 3.05) is 0 Å². The van der Waals surface area contributed by atoms with Gasteiger partial charge in [-0.25, -0.2) is 9.18 Å². The summed E-state index contributed by atoms with van der Waals surface area (Å²) >= 11 is 0.